The number of thiazole rings is 1. The average Bonchev–Trinajstić information content (AvgIpc) is 3.06. The van der Waals surface area contributed by atoms with Crippen molar-refractivity contribution in [1.29, 1.82) is 0 Å². The highest BCUT2D eigenvalue weighted by Gasteiger charge is 2.06. The van der Waals surface area contributed by atoms with Crippen LogP contribution in [-0.4, -0.2) is 23.0 Å². The first-order chi connectivity index (χ1) is 12.6. The SMILES string of the molecule is CCn1c(-c2ccc(Cl)cc2)cs/c1=N\N=C\c1ccc(O)c(OC)c1. The number of rotatable bonds is 5. The fourth-order valence-electron chi connectivity index (χ4n) is 2.49. The molecular weight excluding hydrogens is 370 g/mol. The molecule has 0 aliphatic carbocycles. The van der Waals surface area contributed by atoms with E-state index in [0.717, 1.165) is 28.2 Å². The molecule has 0 fully saturated rings. The van der Waals surface area contributed by atoms with Gasteiger partial charge in [0.05, 0.1) is 19.0 Å². The molecule has 0 unspecified atom stereocenters. The van der Waals surface area contributed by atoms with E-state index < -0.39 is 0 Å². The van der Waals surface area contributed by atoms with E-state index in [2.05, 4.69) is 27.1 Å². The molecule has 0 spiro atoms. The highest BCUT2D eigenvalue weighted by atomic mass is 35.5. The van der Waals surface area contributed by atoms with Crippen LogP contribution in [0, 0.1) is 0 Å². The van der Waals surface area contributed by atoms with Gasteiger partial charge in [-0.2, -0.15) is 5.10 Å². The van der Waals surface area contributed by atoms with E-state index >= 15 is 0 Å². The summed E-state index contributed by atoms with van der Waals surface area (Å²) in [7, 11) is 1.51. The zero-order valence-corrected chi connectivity index (χ0v) is 16.0. The van der Waals surface area contributed by atoms with E-state index in [1.807, 2.05) is 24.3 Å². The number of hydrogen-bond acceptors (Lipinski definition) is 5. The second-order valence-corrected chi connectivity index (χ2v) is 6.70. The molecule has 3 rings (SSSR count). The number of ether oxygens (including phenoxy) is 1. The molecule has 0 saturated carbocycles. The van der Waals surface area contributed by atoms with E-state index in [0.29, 0.717) is 10.8 Å². The second kappa shape index (κ2) is 8.21. The van der Waals surface area contributed by atoms with Crippen molar-refractivity contribution in [2.75, 3.05) is 7.11 Å². The lowest BCUT2D eigenvalue weighted by Gasteiger charge is -2.05. The van der Waals surface area contributed by atoms with Crippen LogP contribution in [0.25, 0.3) is 11.3 Å². The van der Waals surface area contributed by atoms with E-state index in [9.17, 15) is 5.11 Å². The number of phenolic OH excluding ortho intramolecular Hbond substituents is 1. The number of methoxy groups -OCH3 is 1. The minimum Gasteiger partial charge on any atom is -0.504 e. The summed E-state index contributed by atoms with van der Waals surface area (Å²) in [5.74, 6) is 0.495. The molecule has 0 radical (unpaired) electrons. The Morgan fingerprint density at radius 2 is 2.00 bits per heavy atom. The molecule has 0 aliphatic rings. The van der Waals surface area contributed by atoms with Crippen molar-refractivity contribution in [3.8, 4) is 22.8 Å². The molecule has 2 aromatic carbocycles. The minimum atomic E-state index is 0.0938. The lowest BCUT2D eigenvalue weighted by molar-refractivity contribution is 0.373. The summed E-state index contributed by atoms with van der Waals surface area (Å²) < 4.78 is 7.19. The van der Waals surface area contributed by atoms with Gasteiger partial charge in [0.15, 0.2) is 11.5 Å². The van der Waals surface area contributed by atoms with Crippen LogP contribution in [0.2, 0.25) is 5.02 Å². The number of halogens is 1. The first-order valence-corrected chi connectivity index (χ1v) is 9.26. The van der Waals surface area contributed by atoms with E-state index in [1.165, 1.54) is 18.4 Å². The molecule has 3 aromatic rings. The van der Waals surface area contributed by atoms with Crippen molar-refractivity contribution >= 4 is 29.2 Å². The average molecular weight is 388 g/mol. The summed E-state index contributed by atoms with van der Waals surface area (Å²) in [6, 6.07) is 12.8. The minimum absolute atomic E-state index is 0.0938. The second-order valence-electron chi connectivity index (χ2n) is 5.43. The lowest BCUT2D eigenvalue weighted by Crippen LogP contribution is -2.14. The Bertz CT molecular complexity index is 991. The Morgan fingerprint density at radius 3 is 2.69 bits per heavy atom. The molecule has 1 aromatic heterocycles. The summed E-state index contributed by atoms with van der Waals surface area (Å²) in [6.07, 6.45) is 1.63. The van der Waals surface area contributed by atoms with Gasteiger partial charge < -0.3 is 14.4 Å². The van der Waals surface area contributed by atoms with Crippen LogP contribution in [0.5, 0.6) is 11.5 Å². The third-order valence-electron chi connectivity index (χ3n) is 3.81. The van der Waals surface area contributed by atoms with Crippen molar-refractivity contribution in [2.24, 2.45) is 10.2 Å². The van der Waals surface area contributed by atoms with Crippen molar-refractivity contribution in [2.45, 2.75) is 13.5 Å². The maximum atomic E-state index is 9.63. The number of hydrogen-bond donors (Lipinski definition) is 1. The lowest BCUT2D eigenvalue weighted by atomic mass is 10.2. The van der Waals surface area contributed by atoms with Crippen LogP contribution in [0.15, 0.2) is 58.0 Å². The normalized spacial score (nSPS) is 12.0. The standard InChI is InChI=1S/C19H18ClN3O2S/c1-3-23-16(14-5-7-15(20)8-6-14)12-26-19(23)22-21-11-13-4-9-17(24)18(10-13)25-2/h4-12,24H,3H2,1-2H3/b21-11+,22-19-. The van der Waals surface area contributed by atoms with Crippen molar-refractivity contribution in [1.82, 2.24) is 4.57 Å². The molecule has 7 heteroatoms. The molecule has 0 saturated heterocycles. The highest BCUT2D eigenvalue weighted by molar-refractivity contribution is 7.07. The molecule has 1 N–H and O–H groups in total. The van der Waals surface area contributed by atoms with Gasteiger partial charge in [0.2, 0.25) is 4.80 Å². The third-order valence-corrected chi connectivity index (χ3v) is 4.91. The molecular formula is C19H18ClN3O2S. The predicted molar refractivity (Wildman–Crippen MR) is 106 cm³/mol. The molecule has 1 heterocycles. The van der Waals surface area contributed by atoms with Crippen molar-refractivity contribution in [3.63, 3.8) is 0 Å². The monoisotopic (exact) mass is 387 g/mol. The number of benzene rings is 2. The fourth-order valence-corrected chi connectivity index (χ4v) is 3.54. The molecule has 134 valence electrons. The summed E-state index contributed by atoms with van der Waals surface area (Å²) in [5.41, 5.74) is 2.96. The van der Waals surface area contributed by atoms with Crippen LogP contribution in [0.1, 0.15) is 12.5 Å². The van der Waals surface area contributed by atoms with Gasteiger partial charge in [0, 0.05) is 16.9 Å². The van der Waals surface area contributed by atoms with Gasteiger partial charge >= 0.3 is 0 Å². The largest absolute Gasteiger partial charge is 0.504 e. The van der Waals surface area contributed by atoms with Crippen LogP contribution < -0.4 is 9.54 Å². The van der Waals surface area contributed by atoms with Crippen LogP contribution >= 0.6 is 22.9 Å². The van der Waals surface area contributed by atoms with Crippen LogP contribution in [-0.2, 0) is 6.54 Å². The molecule has 0 bridgehead atoms. The van der Waals surface area contributed by atoms with Gasteiger partial charge in [-0.05, 0) is 48.4 Å². The Morgan fingerprint density at radius 1 is 1.23 bits per heavy atom. The topological polar surface area (TPSA) is 59.1 Å². The molecule has 0 amide bonds. The van der Waals surface area contributed by atoms with Gasteiger partial charge in [-0.15, -0.1) is 16.4 Å². The summed E-state index contributed by atoms with van der Waals surface area (Å²) in [6.45, 7) is 2.85. The molecule has 0 atom stereocenters. The quantitative estimate of drug-likeness (QED) is 0.516. The summed E-state index contributed by atoms with van der Waals surface area (Å²) in [4.78, 5) is 0.805. The van der Waals surface area contributed by atoms with Crippen molar-refractivity contribution < 1.29 is 9.84 Å². The number of aromatic nitrogens is 1. The third kappa shape index (κ3) is 3.98. The van der Waals surface area contributed by atoms with E-state index in [4.69, 9.17) is 16.3 Å². The predicted octanol–water partition coefficient (Wildman–Crippen LogP) is 4.54. The smallest absolute Gasteiger partial charge is 0.211 e. The highest BCUT2D eigenvalue weighted by Crippen LogP contribution is 2.25. The Labute approximate surface area is 160 Å². The van der Waals surface area contributed by atoms with Gasteiger partial charge in [-0.1, -0.05) is 23.7 Å². The zero-order valence-electron chi connectivity index (χ0n) is 14.4. The van der Waals surface area contributed by atoms with E-state index in [1.54, 1.807) is 24.4 Å². The number of phenols is 1. The maximum absolute atomic E-state index is 9.63. The van der Waals surface area contributed by atoms with Crippen LogP contribution in [0.4, 0.5) is 0 Å². The van der Waals surface area contributed by atoms with Gasteiger partial charge in [0.25, 0.3) is 0 Å². The summed E-state index contributed by atoms with van der Waals surface area (Å²) in [5, 5.41) is 20.9. The van der Waals surface area contributed by atoms with Gasteiger partial charge in [-0.3, -0.25) is 0 Å². The Hall–Kier alpha value is -2.57. The number of nitrogens with zero attached hydrogens (tertiary/aromatic N) is 3. The molecule has 0 aliphatic heterocycles. The van der Waals surface area contributed by atoms with E-state index in [-0.39, 0.29) is 5.75 Å². The summed E-state index contributed by atoms with van der Waals surface area (Å²) >= 11 is 7.50. The Kier molecular flexibility index (Phi) is 5.75. The Balaban J connectivity index is 1.91. The zero-order chi connectivity index (χ0) is 18.5. The molecule has 5 nitrogen and oxygen atoms in total. The first-order valence-electron chi connectivity index (χ1n) is 8.00. The molecule has 26 heavy (non-hydrogen) atoms. The van der Waals surface area contributed by atoms with Gasteiger partial charge in [-0.25, -0.2) is 0 Å². The number of aromatic hydroxyl groups is 1. The van der Waals surface area contributed by atoms with Crippen molar-refractivity contribution in [3.05, 3.63) is 63.2 Å². The maximum Gasteiger partial charge on any atom is 0.211 e. The first kappa shape index (κ1) is 18.2. The van der Waals surface area contributed by atoms with Gasteiger partial charge in [0.1, 0.15) is 0 Å². The van der Waals surface area contributed by atoms with Crippen LogP contribution in [0.3, 0.4) is 0 Å². The fraction of sp³-hybridized carbons (Fsp3) is 0.158.